The van der Waals surface area contributed by atoms with Crippen molar-refractivity contribution in [1.82, 2.24) is 4.90 Å². The Morgan fingerprint density at radius 2 is 2.10 bits per heavy atom. The Kier molecular flexibility index (Phi) is 6.87. The lowest BCUT2D eigenvalue weighted by molar-refractivity contribution is 0.0601. The first-order valence-electron chi connectivity index (χ1n) is 7.06. The molecule has 112 valence electrons. The molecule has 0 spiro atoms. The van der Waals surface area contributed by atoms with Crippen molar-refractivity contribution in [2.24, 2.45) is 0 Å². The fraction of sp³-hybridized carbons (Fsp3) is 0.533. The lowest BCUT2D eigenvalue weighted by atomic mass is 10.1. The van der Waals surface area contributed by atoms with E-state index in [1.165, 1.54) is 7.11 Å². The van der Waals surface area contributed by atoms with Crippen molar-refractivity contribution in [3.63, 3.8) is 0 Å². The van der Waals surface area contributed by atoms with Gasteiger partial charge in [0.2, 0.25) is 0 Å². The summed E-state index contributed by atoms with van der Waals surface area (Å²) in [5.74, 6) is -0.372. The second-order valence-electron chi connectivity index (χ2n) is 4.65. The highest BCUT2D eigenvalue weighted by molar-refractivity contribution is 5.91. The van der Waals surface area contributed by atoms with Crippen molar-refractivity contribution in [3.8, 4) is 0 Å². The molecule has 1 rings (SSSR count). The van der Waals surface area contributed by atoms with Crippen LogP contribution in [0.2, 0.25) is 0 Å². The van der Waals surface area contributed by atoms with E-state index in [1.807, 2.05) is 6.07 Å². The van der Waals surface area contributed by atoms with Crippen molar-refractivity contribution < 1.29 is 9.53 Å². The van der Waals surface area contributed by atoms with Crippen LogP contribution in [0.5, 0.6) is 0 Å². The van der Waals surface area contributed by atoms with E-state index in [2.05, 4.69) is 28.8 Å². The molecule has 0 amide bonds. The van der Waals surface area contributed by atoms with Gasteiger partial charge in [-0.15, -0.1) is 0 Å². The average Bonchev–Trinajstić information content (AvgIpc) is 2.46. The highest BCUT2D eigenvalue weighted by atomic mass is 16.5. The SMILES string of the molecule is CCCN(CC)CCNc1ccc(C(=O)OC)cc1N. The van der Waals surface area contributed by atoms with Crippen molar-refractivity contribution in [2.45, 2.75) is 20.3 Å². The molecule has 20 heavy (non-hydrogen) atoms. The standard InChI is InChI=1S/C15H25N3O2/c1-4-9-18(5-2)10-8-17-14-7-6-12(11-13(14)16)15(19)20-3/h6-7,11,17H,4-5,8-10,16H2,1-3H3. The molecule has 5 nitrogen and oxygen atoms in total. The van der Waals surface area contributed by atoms with Crippen LogP contribution in [0.25, 0.3) is 0 Å². The Labute approximate surface area is 121 Å². The number of nitrogens with two attached hydrogens (primary N) is 1. The third-order valence-corrected chi connectivity index (χ3v) is 3.20. The van der Waals surface area contributed by atoms with Crippen LogP contribution < -0.4 is 11.1 Å². The largest absolute Gasteiger partial charge is 0.465 e. The number of anilines is 2. The quantitative estimate of drug-likeness (QED) is 0.564. The smallest absolute Gasteiger partial charge is 0.337 e. The van der Waals surface area contributed by atoms with E-state index >= 15 is 0 Å². The summed E-state index contributed by atoms with van der Waals surface area (Å²) in [6.07, 6.45) is 1.16. The van der Waals surface area contributed by atoms with Gasteiger partial charge in [-0.2, -0.15) is 0 Å². The number of hydrogen-bond acceptors (Lipinski definition) is 5. The van der Waals surface area contributed by atoms with Gasteiger partial charge < -0.3 is 20.7 Å². The summed E-state index contributed by atoms with van der Waals surface area (Å²) in [6, 6.07) is 5.17. The fourth-order valence-corrected chi connectivity index (χ4v) is 2.06. The molecule has 1 aromatic rings. The molecule has 0 saturated carbocycles. The molecule has 5 heteroatoms. The summed E-state index contributed by atoms with van der Waals surface area (Å²) in [4.78, 5) is 13.8. The predicted octanol–water partition coefficient (Wildman–Crippen LogP) is 2.20. The third kappa shape index (κ3) is 4.74. The zero-order valence-electron chi connectivity index (χ0n) is 12.6. The molecule has 0 bridgehead atoms. The summed E-state index contributed by atoms with van der Waals surface area (Å²) in [5, 5.41) is 3.30. The highest BCUT2D eigenvalue weighted by Crippen LogP contribution is 2.20. The molecule has 0 saturated heterocycles. The van der Waals surface area contributed by atoms with Gasteiger partial charge in [0, 0.05) is 13.1 Å². The van der Waals surface area contributed by atoms with E-state index < -0.39 is 0 Å². The zero-order chi connectivity index (χ0) is 15.0. The van der Waals surface area contributed by atoms with Gasteiger partial charge in [0.25, 0.3) is 0 Å². The number of nitrogen functional groups attached to an aromatic ring is 1. The highest BCUT2D eigenvalue weighted by Gasteiger charge is 2.08. The van der Waals surface area contributed by atoms with E-state index in [-0.39, 0.29) is 5.97 Å². The van der Waals surface area contributed by atoms with Crippen LogP contribution in [-0.4, -0.2) is 44.2 Å². The molecular formula is C15H25N3O2. The molecule has 1 aromatic carbocycles. The minimum absolute atomic E-state index is 0.372. The van der Waals surface area contributed by atoms with Crippen LogP contribution >= 0.6 is 0 Å². The minimum Gasteiger partial charge on any atom is -0.465 e. The van der Waals surface area contributed by atoms with Crippen LogP contribution in [-0.2, 0) is 4.74 Å². The van der Waals surface area contributed by atoms with Crippen molar-refractivity contribution >= 4 is 17.3 Å². The first-order chi connectivity index (χ1) is 9.62. The molecule has 0 heterocycles. The van der Waals surface area contributed by atoms with E-state index in [9.17, 15) is 4.79 Å². The maximum atomic E-state index is 11.4. The molecule has 0 aliphatic heterocycles. The van der Waals surface area contributed by atoms with Crippen LogP contribution in [0.3, 0.4) is 0 Å². The zero-order valence-corrected chi connectivity index (χ0v) is 12.6. The maximum Gasteiger partial charge on any atom is 0.337 e. The van der Waals surface area contributed by atoms with E-state index in [4.69, 9.17) is 5.73 Å². The Balaban J connectivity index is 2.54. The Bertz CT molecular complexity index is 435. The molecule has 0 aliphatic rings. The molecule has 0 fully saturated rings. The number of carbonyl (C=O) groups is 1. The van der Waals surface area contributed by atoms with Gasteiger partial charge in [-0.1, -0.05) is 13.8 Å². The van der Waals surface area contributed by atoms with Gasteiger partial charge in [-0.05, 0) is 37.7 Å². The maximum absolute atomic E-state index is 11.4. The third-order valence-electron chi connectivity index (χ3n) is 3.20. The van der Waals surface area contributed by atoms with Gasteiger partial charge in [0.05, 0.1) is 24.0 Å². The monoisotopic (exact) mass is 279 g/mol. The summed E-state index contributed by atoms with van der Waals surface area (Å²) in [7, 11) is 1.36. The molecule has 0 atom stereocenters. The molecule has 0 radical (unpaired) electrons. The Hall–Kier alpha value is -1.75. The molecule has 0 unspecified atom stereocenters. The minimum atomic E-state index is -0.372. The topological polar surface area (TPSA) is 67.6 Å². The lowest BCUT2D eigenvalue weighted by Gasteiger charge is -2.20. The number of likely N-dealkylation sites (N-methyl/N-ethyl adjacent to an activating group) is 1. The number of carbonyl (C=O) groups excluding carboxylic acids is 1. The van der Waals surface area contributed by atoms with E-state index in [0.717, 1.165) is 38.3 Å². The Morgan fingerprint density at radius 1 is 1.35 bits per heavy atom. The summed E-state index contributed by atoms with van der Waals surface area (Å²) < 4.78 is 4.66. The van der Waals surface area contributed by atoms with Crippen molar-refractivity contribution in [1.29, 1.82) is 0 Å². The predicted molar refractivity (Wildman–Crippen MR) is 83.1 cm³/mol. The number of benzene rings is 1. The van der Waals surface area contributed by atoms with E-state index in [0.29, 0.717) is 11.3 Å². The van der Waals surface area contributed by atoms with Gasteiger partial charge in [-0.25, -0.2) is 4.79 Å². The van der Waals surface area contributed by atoms with Crippen LogP contribution in [0.1, 0.15) is 30.6 Å². The van der Waals surface area contributed by atoms with Crippen molar-refractivity contribution in [3.05, 3.63) is 23.8 Å². The van der Waals surface area contributed by atoms with Crippen LogP contribution in [0.15, 0.2) is 18.2 Å². The normalized spacial score (nSPS) is 10.6. The van der Waals surface area contributed by atoms with Gasteiger partial charge in [0.1, 0.15) is 0 Å². The van der Waals surface area contributed by atoms with Gasteiger partial charge >= 0.3 is 5.97 Å². The first-order valence-corrected chi connectivity index (χ1v) is 7.06. The lowest BCUT2D eigenvalue weighted by Crippen LogP contribution is -2.29. The summed E-state index contributed by atoms with van der Waals surface area (Å²) in [5.41, 5.74) is 7.82. The number of ether oxygens (including phenoxy) is 1. The van der Waals surface area contributed by atoms with Gasteiger partial charge in [-0.3, -0.25) is 0 Å². The van der Waals surface area contributed by atoms with Crippen LogP contribution in [0, 0.1) is 0 Å². The van der Waals surface area contributed by atoms with Crippen molar-refractivity contribution in [2.75, 3.05) is 44.3 Å². The number of methoxy groups -OCH3 is 1. The molecule has 0 aromatic heterocycles. The number of rotatable bonds is 8. The second kappa shape index (κ2) is 8.43. The molecule has 3 N–H and O–H groups in total. The second-order valence-corrected chi connectivity index (χ2v) is 4.65. The van der Waals surface area contributed by atoms with Crippen LogP contribution in [0.4, 0.5) is 11.4 Å². The number of hydrogen-bond donors (Lipinski definition) is 2. The average molecular weight is 279 g/mol. The molecular weight excluding hydrogens is 254 g/mol. The number of esters is 1. The number of nitrogens with one attached hydrogen (secondary N) is 1. The van der Waals surface area contributed by atoms with Gasteiger partial charge in [0.15, 0.2) is 0 Å². The fourth-order valence-electron chi connectivity index (χ4n) is 2.06. The number of nitrogens with zero attached hydrogens (tertiary/aromatic N) is 1. The van der Waals surface area contributed by atoms with E-state index in [1.54, 1.807) is 12.1 Å². The molecule has 0 aliphatic carbocycles. The first kappa shape index (κ1) is 16.3. The summed E-state index contributed by atoms with van der Waals surface area (Å²) in [6.45, 7) is 8.30. The Morgan fingerprint density at radius 3 is 2.65 bits per heavy atom. The summed E-state index contributed by atoms with van der Waals surface area (Å²) >= 11 is 0.